The highest BCUT2D eigenvalue weighted by Gasteiger charge is 2.29. The van der Waals surface area contributed by atoms with Gasteiger partial charge in [0.05, 0.1) is 23.8 Å². The van der Waals surface area contributed by atoms with E-state index in [1.165, 1.54) is 12.8 Å². The first-order valence-corrected chi connectivity index (χ1v) is 11.1. The Labute approximate surface area is 179 Å². The molecule has 2 amide bonds. The molecule has 0 radical (unpaired) electrons. The first-order valence-electron chi connectivity index (χ1n) is 10.7. The zero-order valence-corrected chi connectivity index (χ0v) is 18.3. The second-order valence-corrected chi connectivity index (χ2v) is 8.93. The van der Waals surface area contributed by atoms with Crippen molar-refractivity contribution in [2.24, 2.45) is 11.8 Å². The van der Waals surface area contributed by atoms with Crippen LogP contribution in [0.5, 0.6) is 0 Å². The van der Waals surface area contributed by atoms with Crippen LogP contribution in [0, 0.1) is 11.8 Å². The van der Waals surface area contributed by atoms with Gasteiger partial charge in [-0.3, -0.25) is 19.4 Å². The van der Waals surface area contributed by atoms with Crippen LogP contribution in [0.15, 0.2) is 24.3 Å². The van der Waals surface area contributed by atoms with Crippen LogP contribution < -0.4 is 10.6 Å². The van der Waals surface area contributed by atoms with E-state index in [9.17, 15) is 9.59 Å². The summed E-state index contributed by atoms with van der Waals surface area (Å²) >= 11 is 6.09. The molecule has 29 heavy (non-hydrogen) atoms. The molecule has 1 saturated heterocycles. The predicted octanol–water partition coefficient (Wildman–Crippen LogP) is 2.84. The van der Waals surface area contributed by atoms with Crippen molar-refractivity contribution < 1.29 is 9.59 Å². The van der Waals surface area contributed by atoms with E-state index >= 15 is 0 Å². The summed E-state index contributed by atoms with van der Waals surface area (Å²) in [5, 5.41) is 6.66. The van der Waals surface area contributed by atoms with Gasteiger partial charge in [-0.2, -0.15) is 0 Å². The van der Waals surface area contributed by atoms with Crippen molar-refractivity contribution in [2.75, 3.05) is 44.6 Å². The second-order valence-electron chi connectivity index (χ2n) is 8.52. The number of benzene rings is 1. The maximum absolute atomic E-state index is 12.5. The third-order valence-electron chi connectivity index (χ3n) is 6.40. The van der Waals surface area contributed by atoms with Crippen LogP contribution in [0.25, 0.3) is 0 Å². The van der Waals surface area contributed by atoms with Crippen molar-refractivity contribution in [1.82, 2.24) is 15.1 Å². The number of nitrogens with one attached hydrogen (secondary N) is 2. The van der Waals surface area contributed by atoms with Crippen molar-refractivity contribution in [1.29, 1.82) is 0 Å². The van der Waals surface area contributed by atoms with Gasteiger partial charge in [0.25, 0.3) is 0 Å². The minimum Gasteiger partial charge on any atom is -0.352 e. The lowest BCUT2D eigenvalue weighted by Gasteiger charge is -2.36. The topological polar surface area (TPSA) is 64.7 Å². The molecule has 1 aromatic rings. The van der Waals surface area contributed by atoms with Gasteiger partial charge in [0.1, 0.15) is 0 Å². The predicted molar refractivity (Wildman–Crippen MR) is 117 cm³/mol. The standard InChI is InChI=1S/C22H33ClN4O2/c1-16-6-5-9-19(17(16)2)24-21(28)14-26-10-12-27(13-11-26)15-22(29)25-20-8-4-3-7-18(20)23/h3-4,7-8,16-17,19H,5-6,9-15H2,1-2H3,(H,24,28)(H,25,29)/t16-,17+,19+/m1/s1. The van der Waals surface area contributed by atoms with Gasteiger partial charge in [-0.25, -0.2) is 0 Å². The van der Waals surface area contributed by atoms with Crippen LogP contribution in [0.1, 0.15) is 33.1 Å². The van der Waals surface area contributed by atoms with Gasteiger partial charge in [-0.1, -0.05) is 50.4 Å². The number of para-hydroxylation sites is 1. The number of carbonyl (C=O) groups excluding carboxylic acids is 2. The number of carbonyl (C=O) groups is 2. The van der Waals surface area contributed by atoms with Crippen molar-refractivity contribution >= 4 is 29.1 Å². The monoisotopic (exact) mass is 420 g/mol. The normalized spacial score (nSPS) is 26.1. The zero-order chi connectivity index (χ0) is 20.8. The average molecular weight is 421 g/mol. The summed E-state index contributed by atoms with van der Waals surface area (Å²) in [7, 11) is 0. The summed E-state index contributed by atoms with van der Waals surface area (Å²) in [4.78, 5) is 29.1. The fraction of sp³-hybridized carbons (Fsp3) is 0.636. The molecule has 1 saturated carbocycles. The molecule has 0 bridgehead atoms. The van der Waals surface area contributed by atoms with Crippen LogP contribution in [0.2, 0.25) is 5.02 Å². The molecule has 0 unspecified atom stereocenters. The summed E-state index contributed by atoms with van der Waals surface area (Å²) in [6.45, 7) is 8.46. The molecule has 1 heterocycles. The Kier molecular flexibility index (Phi) is 7.92. The fourth-order valence-corrected chi connectivity index (χ4v) is 4.49. The van der Waals surface area contributed by atoms with Crippen LogP contribution >= 0.6 is 11.6 Å². The van der Waals surface area contributed by atoms with E-state index in [0.29, 0.717) is 41.7 Å². The van der Waals surface area contributed by atoms with Crippen molar-refractivity contribution in [3.05, 3.63) is 29.3 Å². The van der Waals surface area contributed by atoms with E-state index in [1.807, 2.05) is 12.1 Å². The lowest BCUT2D eigenvalue weighted by molar-refractivity contribution is -0.124. The smallest absolute Gasteiger partial charge is 0.238 e. The maximum Gasteiger partial charge on any atom is 0.238 e. The van der Waals surface area contributed by atoms with Gasteiger partial charge in [0, 0.05) is 32.2 Å². The molecule has 2 aliphatic rings. The summed E-state index contributed by atoms with van der Waals surface area (Å²) in [5.41, 5.74) is 0.640. The van der Waals surface area contributed by atoms with Gasteiger partial charge in [-0.05, 0) is 30.4 Å². The highest BCUT2D eigenvalue weighted by Crippen LogP contribution is 2.29. The summed E-state index contributed by atoms with van der Waals surface area (Å²) in [6, 6.07) is 7.55. The Morgan fingerprint density at radius 3 is 2.28 bits per heavy atom. The highest BCUT2D eigenvalue weighted by molar-refractivity contribution is 6.33. The van der Waals surface area contributed by atoms with E-state index in [1.54, 1.807) is 12.1 Å². The molecule has 3 atom stereocenters. The Morgan fingerprint density at radius 1 is 1.00 bits per heavy atom. The van der Waals surface area contributed by atoms with Crippen LogP contribution in [-0.4, -0.2) is 66.9 Å². The van der Waals surface area contributed by atoms with E-state index in [-0.39, 0.29) is 11.8 Å². The second kappa shape index (κ2) is 10.4. The van der Waals surface area contributed by atoms with Crippen molar-refractivity contribution in [3.63, 3.8) is 0 Å². The molecule has 2 N–H and O–H groups in total. The number of halogens is 1. The third-order valence-corrected chi connectivity index (χ3v) is 6.73. The molecule has 1 aliphatic carbocycles. The van der Waals surface area contributed by atoms with Gasteiger partial charge in [0.2, 0.25) is 11.8 Å². The average Bonchev–Trinajstić information content (AvgIpc) is 2.69. The Bertz CT molecular complexity index is 706. The van der Waals surface area contributed by atoms with Gasteiger partial charge in [0.15, 0.2) is 0 Å². The summed E-state index contributed by atoms with van der Waals surface area (Å²) < 4.78 is 0. The number of amides is 2. The first-order chi connectivity index (χ1) is 13.9. The Balaban J connectivity index is 1.37. The van der Waals surface area contributed by atoms with Crippen LogP contribution in [0.3, 0.4) is 0 Å². The van der Waals surface area contributed by atoms with E-state index < -0.39 is 0 Å². The Hall–Kier alpha value is -1.63. The Morgan fingerprint density at radius 2 is 1.62 bits per heavy atom. The number of piperazine rings is 1. The molecule has 2 fully saturated rings. The first kappa shape index (κ1) is 22.1. The number of hydrogen-bond acceptors (Lipinski definition) is 4. The quantitative estimate of drug-likeness (QED) is 0.742. The lowest BCUT2D eigenvalue weighted by Crippen LogP contribution is -2.52. The van der Waals surface area contributed by atoms with E-state index in [2.05, 4.69) is 34.3 Å². The molecular formula is C22H33ClN4O2. The molecule has 0 aromatic heterocycles. The lowest BCUT2D eigenvalue weighted by atomic mass is 9.78. The van der Waals surface area contributed by atoms with Crippen LogP contribution in [0.4, 0.5) is 5.69 Å². The number of nitrogens with zero attached hydrogens (tertiary/aromatic N) is 2. The number of anilines is 1. The molecule has 7 heteroatoms. The van der Waals surface area contributed by atoms with E-state index in [0.717, 1.165) is 32.6 Å². The maximum atomic E-state index is 12.5. The summed E-state index contributed by atoms with van der Waals surface area (Å²) in [5.74, 6) is 1.28. The highest BCUT2D eigenvalue weighted by atomic mass is 35.5. The molecule has 0 spiro atoms. The van der Waals surface area contributed by atoms with Crippen molar-refractivity contribution in [3.8, 4) is 0 Å². The molecule has 1 aromatic carbocycles. The third kappa shape index (κ3) is 6.43. The van der Waals surface area contributed by atoms with E-state index in [4.69, 9.17) is 11.6 Å². The largest absolute Gasteiger partial charge is 0.352 e. The molecule has 160 valence electrons. The summed E-state index contributed by atoms with van der Waals surface area (Å²) in [6.07, 6.45) is 3.55. The number of rotatable bonds is 6. The molecule has 3 rings (SSSR count). The van der Waals surface area contributed by atoms with Gasteiger partial charge in [-0.15, -0.1) is 0 Å². The van der Waals surface area contributed by atoms with Gasteiger partial charge >= 0.3 is 0 Å². The minimum atomic E-state index is -0.0651. The molecule has 1 aliphatic heterocycles. The van der Waals surface area contributed by atoms with Crippen molar-refractivity contribution in [2.45, 2.75) is 39.2 Å². The zero-order valence-electron chi connectivity index (χ0n) is 17.5. The SMILES string of the molecule is C[C@H]1[C@H](C)CCC[C@@H]1NC(=O)CN1CCN(CC(=O)Nc2ccccc2Cl)CC1. The number of hydrogen-bond donors (Lipinski definition) is 2. The van der Waals surface area contributed by atoms with Gasteiger partial charge < -0.3 is 10.6 Å². The van der Waals surface area contributed by atoms with Crippen LogP contribution in [-0.2, 0) is 9.59 Å². The molecule has 6 nitrogen and oxygen atoms in total. The fourth-order valence-electron chi connectivity index (χ4n) is 4.30. The minimum absolute atomic E-state index is 0.0651. The molecular weight excluding hydrogens is 388 g/mol.